The van der Waals surface area contributed by atoms with Gasteiger partial charge in [-0.3, -0.25) is 14.5 Å². The monoisotopic (exact) mass is 476 g/mol. The smallest absolute Gasteiger partial charge is 0.353 e. The molecule has 6 nitrogen and oxygen atoms in total. The van der Waals surface area contributed by atoms with E-state index in [0.29, 0.717) is 10.7 Å². The molecule has 1 saturated heterocycles. The molecule has 166 valence electrons. The summed E-state index contributed by atoms with van der Waals surface area (Å²) in [5, 5.41) is 14.4. The van der Waals surface area contributed by atoms with E-state index in [4.69, 9.17) is 0 Å². The first-order chi connectivity index (χ1) is 16.0. The molecule has 2 aliphatic heterocycles. The Balaban J connectivity index is 1.36. The number of nitrogens with one attached hydrogen (secondary N) is 1. The lowest BCUT2D eigenvalue weighted by molar-refractivity contribution is -0.150. The second-order valence-corrected chi connectivity index (χ2v) is 10.0. The number of nitrogens with zero attached hydrogens (tertiary/aromatic N) is 1. The Hall–Kier alpha value is -3.23. The Bertz CT molecular complexity index is 1290. The minimum Gasteiger partial charge on any atom is -0.477 e. The maximum Gasteiger partial charge on any atom is 0.353 e. The van der Waals surface area contributed by atoms with Crippen molar-refractivity contribution in [1.82, 2.24) is 10.2 Å². The summed E-state index contributed by atoms with van der Waals surface area (Å²) in [6, 6.07) is 22.4. The Labute approximate surface area is 199 Å². The largest absolute Gasteiger partial charge is 0.477 e. The van der Waals surface area contributed by atoms with Crippen molar-refractivity contribution < 1.29 is 19.5 Å². The molecule has 0 aliphatic carbocycles. The van der Waals surface area contributed by atoms with Crippen LogP contribution in [0.5, 0.6) is 0 Å². The van der Waals surface area contributed by atoms with Gasteiger partial charge >= 0.3 is 5.97 Å². The SMILES string of the molecule is O=C(Cc1ccccc1)N[C@@H]1C(=O)N2C(C(=O)O)=C(Sc3cccc4ccccc34)CS[C@H]12. The molecule has 2 atom stereocenters. The molecule has 2 amide bonds. The fourth-order valence-corrected chi connectivity index (χ4v) is 6.72. The van der Waals surface area contributed by atoms with E-state index in [2.05, 4.69) is 5.32 Å². The van der Waals surface area contributed by atoms with Gasteiger partial charge in [0.05, 0.1) is 6.42 Å². The van der Waals surface area contributed by atoms with Crippen molar-refractivity contribution in [2.45, 2.75) is 22.7 Å². The highest BCUT2D eigenvalue weighted by molar-refractivity contribution is 8.06. The summed E-state index contributed by atoms with van der Waals surface area (Å²) in [6.45, 7) is 0. The molecule has 3 aromatic carbocycles. The number of rotatable bonds is 6. The van der Waals surface area contributed by atoms with Crippen molar-refractivity contribution in [2.24, 2.45) is 0 Å². The number of β-lactam (4-membered cyclic amide) rings is 1. The van der Waals surface area contributed by atoms with Crippen LogP contribution in [0.4, 0.5) is 0 Å². The molecule has 0 spiro atoms. The molecule has 2 heterocycles. The summed E-state index contributed by atoms with van der Waals surface area (Å²) in [5.74, 6) is -1.32. The average molecular weight is 477 g/mol. The minimum atomic E-state index is -1.13. The van der Waals surface area contributed by atoms with E-state index in [1.807, 2.05) is 72.8 Å². The van der Waals surface area contributed by atoms with Gasteiger partial charge in [-0.2, -0.15) is 0 Å². The molecule has 0 aromatic heterocycles. The third-order valence-corrected chi connectivity index (χ3v) is 8.27. The molecule has 5 rings (SSSR count). The number of carboxylic acid groups (broad SMARTS) is 1. The van der Waals surface area contributed by atoms with Crippen LogP contribution in [0.25, 0.3) is 10.8 Å². The standard InChI is InChI=1S/C25H20N2O4S2/c28-20(13-15-7-2-1-3-8-15)26-21-23(29)27-22(25(30)31)19(14-32-24(21)27)33-18-12-6-10-16-9-4-5-11-17(16)18/h1-12,21,24H,13-14H2,(H,26,28)(H,30,31)/t21-,24-/m1/s1. The summed E-state index contributed by atoms with van der Waals surface area (Å²) in [7, 11) is 0. The van der Waals surface area contributed by atoms with Crippen LogP contribution in [0.3, 0.4) is 0 Å². The Morgan fingerprint density at radius 2 is 1.76 bits per heavy atom. The highest BCUT2D eigenvalue weighted by atomic mass is 32.2. The minimum absolute atomic E-state index is 0.00948. The quantitative estimate of drug-likeness (QED) is 0.526. The van der Waals surface area contributed by atoms with E-state index in [-0.39, 0.29) is 23.9 Å². The molecule has 2 N–H and O–H groups in total. The zero-order chi connectivity index (χ0) is 22.9. The molecule has 0 saturated carbocycles. The maximum atomic E-state index is 12.9. The molecule has 2 aliphatic rings. The van der Waals surface area contributed by atoms with Gasteiger partial charge in [-0.25, -0.2) is 4.79 Å². The first-order valence-corrected chi connectivity index (χ1v) is 12.3. The van der Waals surface area contributed by atoms with Crippen molar-refractivity contribution >= 4 is 52.1 Å². The summed E-state index contributed by atoms with van der Waals surface area (Å²) in [5.41, 5.74) is 0.866. The van der Waals surface area contributed by atoms with E-state index in [9.17, 15) is 19.5 Å². The number of fused-ring (bicyclic) bond motifs is 2. The molecule has 1 fully saturated rings. The Morgan fingerprint density at radius 3 is 2.55 bits per heavy atom. The fraction of sp³-hybridized carbons (Fsp3) is 0.160. The molecular weight excluding hydrogens is 456 g/mol. The number of benzene rings is 3. The van der Waals surface area contributed by atoms with Crippen LogP contribution in [0.1, 0.15) is 5.56 Å². The zero-order valence-corrected chi connectivity index (χ0v) is 19.1. The zero-order valence-electron chi connectivity index (χ0n) is 17.4. The number of thioether (sulfide) groups is 2. The maximum absolute atomic E-state index is 12.9. The topological polar surface area (TPSA) is 86.7 Å². The number of carboxylic acids is 1. The van der Waals surface area contributed by atoms with Crippen molar-refractivity contribution in [2.75, 3.05) is 5.75 Å². The first kappa shape index (κ1) is 21.6. The first-order valence-electron chi connectivity index (χ1n) is 10.4. The molecular formula is C25H20N2O4S2. The van der Waals surface area contributed by atoms with Crippen molar-refractivity contribution in [3.63, 3.8) is 0 Å². The van der Waals surface area contributed by atoms with Gasteiger partial charge in [-0.1, -0.05) is 78.5 Å². The fourth-order valence-electron chi connectivity index (χ4n) is 4.09. The van der Waals surface area contributed by atoms with E-state index >= 15 is 0 Å². The molecule has 0 radical (unpaired) electrons. The normalized spacial score (nSPS) is 19.8. The van der Waals surface area contributed by atoms with Gasteiger partial charge in [0.25, 0.3) is 5.91 Å². The number of hydrogen-bond acceptors (Lipinski definition) is 5. The van der Waals surface area contributed by atoms with Gasteiger partial charge in [0.15, 0.2) is 0 Å². The van der Waals surface area contributed by atoms with Crippen molar-refractivity contribution in [3.8, 4) is 0 Å². The van der Waals surface area contributed by atoms with Crippen LogP contribution >= 0.6 is 23.5 Å². The third kappa shape index (κ3) is 4.12. The van der Waals surface area contributed by atoms with E-state index in [1.54, 1.807) is 0 Å². The van der Waals surface area contributed by atoms with Crippen LogP contribution < -0.4 is 5.32 Å². The van der Waals surface area contributed by atoms with Gasteiger partial charge in [0, 0.05) is 15.6 Å². The highest BCUT2D eigenvalue weighted by Gasteiger charge is 2.54. The summed E-state index contributed by atoms with van der Waals surface area (Å²) in [4.78, 5) is 40.4. The van der Waals surface area contributed by atoms with Crippen LogP contribution in [-0.2, 0) is 20.8 Å². The second-order valence-electron chi connectivity index (χ2n) is 7.77. The Morgan fingerprint density at radius 1 is 1.03 bits per heavy atom. The predicted molar refractivity (Wildman–Crippen MR) is 130 cm³/mol. The Kier molecular flexibility index (Phi) is 5.86. The number of aliphatic carboxylic acids is 1. The number of amides is 2. The molecule has 0 bridgehead atoms. The lowest BCUT2D eigenvalue weighted by Gasteiger charge is -2.49. The molecule has 3 aromatic rings. The average Bonchev–Trinajstić information content (AvgIpc) is 2.83. The van der Waals surface area contributed by atoms with Crippen molar-refractivity contribution in [1.29, 1.82) is 0 Å². The lowest BCUT2D eigenvalue weighted by Crippen LogP contribution is -2.70. The van der Waals surface area contributed by atoms with Gasteiger partial charge in [-0.05, 0) is 22.4 Å². The van der Waals surface area contributed by atoms with Crippen LogP contribution in [0, 0.1) is 0 Å². The van der Waals surface area contributed by atoms with E-state index in [0.717, 1.165) is 21.2 Å². The van der Waals surface area contributed by atoms with Crippen LogP contribution in [0.15, 0.2) is 88.3 Å². The van der Waals surface area contributed by atoms with Gasteiger partial charge in [-0.15, -0.1) is 11.8 Å². The number of carbonyl (C=O) groups excluding carboxylic acids is 2. The summed E-state index contributed by atoms with van der Waals surface area (Å²) in [6.07, 6.45) is 0.172. The molecule has 8 heteroatoms. The highest BCUT2D eigenvalue weighted by Crippen LogP contribution is 2.46. The molecule has 0 unspecified atom stereocenters. The van der Waals surface area contributed by atoms with Gasteiger partial charge in [0.1, 0.15) is 17.1 Å². The number of carbonyl (C=O) groups is 3. The third-order valence-electron chi connectivity index (χ3n) is 5.64. The van der Waals surface area contributed by atoms with Gasteiger partial charge < -0.3 is 10.4 Å². The van der Waals surface area contributed by atoms with Crippen LogP contribution in [0.2, 0.25) is 0 Å². The van der Waals surface area contributed by atoms with E-state index in [1.165, 1.54) is 28.4 Å². The molecule has 33 heavy (non-hydrogen) atoms. The van der Waals surface area contributed by atoms with Crippen molar-refractivity contribution in [3.05, 3.63) is 89.0 Å². The van der Waals surface area contributed by atoms with Crippen LogP contribution in [-0.4, -0.2) is 45.0 Å². The summed E-state index contributed by atoms with van der Waals surface area (Å²) < 4.78 is 0. The second kappa shape index (κ2) is 8.96. The lowest BCUT2D eigenvalue weighted by atomic mass is 10.0. The number of hydrogen-bond donors (Lipinski definition) is 2. The predicted octanol–water partition coefficient (Wildman–Crippen LogP) is 3.87. The van der Waals surface area contributed by atoms with Gasteiger partial charge in [0.2, 0.25) is 5.91 Å². The summed E-state index contributed by atoms with van der Waals surface area (Å²) >= 11 is 2.86. The van der Waals surface area contributed by atoms with E-state index < -0.39 is 17.4 Å².